The Morgan fingerprint density at radius 2 is 1.50 bits per heavy atom. The Morgan fingerprint density at radius 1 is 0.848 bits per heavy atom. The number of ether oxygens (including phenoxy) is 2. The van der Waals surface area contributed by atoms with E-state index in [1.54, 1.807) is 12.0 Å². The van der Waals surface area contributed by atoms with E-state index in [4.69, 9.17) is 9.47 Å². The van der Waals surface area contributed by atoms with E-state index < -0.39 is 5.41 Å². The van der Waals surface area contributed by atoms with E-state index in [0.29, 0.717) is 31.0 Å². The molecule has 0 saturated carbocycles. The van der Waals surface area contributed by atoms with Crippen LogP contribution in [0.5, 0.6) is 11.5 Å². The van der Waals surface area contributed by atoms with Crippen LogP contribution in [-0.2, 0) is 29.0 Å². The fraction of sp³-hybridized carbons (Fsp3) is 0.350. The molecule has 6 heteroatoms. The molecule has 6 nitrogen and oxygen atoms in total. The van der Waals surface area contributed by atoms with Crippen molar-refractivity contribution in [2.75, 3.05) is 20.2 Å². The number of imide groups is 1. The fourth-order valence-electron chi connectivity index (χ4n) is 7.94. The van der Waals surface area contributed by atoms with Crippen molar-refractivity contribution in [1.29, 1.82) is 0 Å². The predicted molar refractivity (Wildman–Crippen MR) is 179 cm³/mol. The van der Waals surface area contributed by atoms with Crippen LogP contribution in [0, 0.1) is 11.3 Å². The average Bonchev–Trinajstić information content (AvgIpc) is 3.74. The first-order valence-corrected chi connectivity index (χ1v) is 16.4. The summed E-state index contributed by atoms with van der Waals surface area (Å²) in [5.74, 6) is 0.829. The lowest BCUT2D eigenvalue weighted by Gasteiger charge is -2.36. The van der Waals surface area contributed by atoms with Crippen LogP contribution in [0.3, 0.4) is 0 Å². The van der Waals surface area contributed by atoms with Gasteiger partial charge in [0.05, 0.1) is 18.6 Å². The van der Waals surface area contributed by atoms with Crippen molar-refractivity contribution >= 4 is 11.8 Å². The van der Waals surface area contributed by atoms with Crippen molar-refractivity contribution in [3.8, 4) is 11.5 Å². The van der Waals surface area contributed by atoms with Crippen LogP contribution in [0.1, 0.15) is 60.0 Å². The van der Waals surface area contributed by atoms with E-state index in [1.807, 2.05) is 49.4 Å². The highest BCUT2D eigenvalue weighted by Crippen LogP contribution is 2.49. The standard InChI is InChI=1S/C40H42N2O4/c1-27-20-35(29-14-8-5-9-15-29)42(38(27)43)39(44)40(2)26-41(24-28-12-6-4-7-13-28)25-34(40)32-18-19-36(45-3)37(23-32)46-33-21-30-16-10-11-17-31(30)22-33/h4-19,23,27,33-35H,20-22,24-26H2,1-3H3/t27?,34-,35-,40+/m0/s1. The lowest BCUT2D eigenvalue weighted by atomic mass is 9.74. The predicted octanol–water partition coefficient (Wildman–Crippen LogP) is 6.98. The van der Waals surface area contributed by atoms with Crippen molar-refractivity contribution in [1.82, 2.24) is 9.80 Å². The summed E-state index contributed by atoms with van der Waals surface area (Å²) in [4.78, 5) is 32.6. The molecule has 4 aromatic rings. The Hall–Kier alpha value is -4.42. The molecule has 3 aliphatic rings. The van der Waals surface area contributed by atoms with E-state index in [2.05, 4.69) is 72.5 Å². The van der Waals surface area contributed by atoms with Gasteiger partial charge in [-0.1, -0.05) is 97.9 Å². The molecule has 4 atom stereocenters. The number of nitrogens with zero attached hydrogens (tertiary/aromatic N) is 2. The minimum atomic E-state index is -0.836. The number of rotatable bonds is 8. The minimum absolute atomic E-state index is 0.0167. The van der Waals surface area contributed by atoms with E-state index in [-0.39, 0.29) is 35.8 Å². The molecule has 0 radical (unpaired) electrons. The van der Waals surface area contributed by atoms with Gasteiger partial charge < -0.3 is 9.47 Å². The fourth-order valence-corrected chi connectivity index (χ4v) is 7.94. The summed E-state index contributed by atoms with van der Waals surface area (Å²) in [7, 11) is 1.67. The normalized spacial score (nSPS) is 24.7. The van der Waals surface area contributed by atoms with Gasteiger partial charge in [-0.25, -0.2) is 0 Å². The van der Waals surface area contributed by atoms with Gasteiger partial charge in [-0.15, -0.1) is 0 Å². The van der Waals surface area contributed by atoms with Gasteiger partial charge in [0.15, 0.2) is 11.5 Å². The van der Waals surface area contributed by atoms with Gasteiger partial charge in [-0.3, -0.25) is 19.4 Å². The molecule has 7 rings (SSSR count). The Kier molecular flexibility index (Phi) is 8.16. The zero-order valence-corrected chi connectivity index (χ0v) is 26.9. The number of carbonyl (C=O) groups is 2. The summed E-state index contributed by atoms with van der Waals surface area (Å²) in [5, 5.41) is 0. The molecular formula is C40H42N2O4. The van der Waals surface area contributed by atoms with E-state index in [1.165, 1.54) is 16.7 Å². The molecule has 0 N–H and O–H groups in total. The minimum Gasteiger partial charge on any atom is -0.493 e. The SMILES string of the molecule is COc1ccc([C@@H]2CN(Cc3ccccc3)C[C@@]2(C)C(=O)N2C(=O)C(C)C[C@H]2c2ccccc2)cc1OC1Cc2ccccc2C1. The van der Waals surface area contributed by atoms with Crippen LogP contribution in [0.15, 0.2) is 103 Å². The summed E-state index contributed by atoms with van der Waals surface area (Å²) in [5.41, 5.74) is 5.04. The second-order valence-electron chi connectivity index (χ2n) is 13.5. The zero-order valence-electron chi connectivity index (χ0n) is 26.9. The van der Waals surface area contributed by atoms with Gasteiger partial charge in [0.25, 0.3) is 0 Å². The van der Waals surface area contributed by atoms with Gasteiger partial charge in [0, 0.05) is 44.3 Å². The smallest absolute Gasteiger partial charge is 0.237 e. The van der Waals surface area contributed by atoms with Crippen LogP contribution in [0.25, 0.3) is 0 Å². The van der Waals surface area contributed by atoms with Gasteiger partial charge in [-0.2, -0.15) is 0 Å². The average molecular weight is 615 g/mol. The number of methoxy groups -OCH3 is 1. The monoisotopic (exact) mass is 614 g/mol. The van der Waals surface area contributed by atoms with Crippen molar-refractivity contribution in [2.45, 2.75) is 57.7 Å². The van der Waals surface area contributed by atoms with Crippen molar-refractivity contribution < 1.29 is 19.1 Å². The molecule has 0 spiro atoms. The molecule has 2 fully saturated rings. The maximum absolute atomic E-state index is 14.9. The molecular weight excluding hydrogens is 572 g/mol. The number of carbonyl (C=O) groups excluding carboxylic acids is 2. The molecule has 2 aliphatic heterocycles. The van der Waals surface area contributed by atoms with Crippen molar-refractivity contribution in [3.63, 3.8) is 0 Å². The summed E-state index contributed by atoms with van der Waals surface area (Å²) in [6.45, 7) is 5.96. The van der Waals surface area contributed by atoms with Gasteiger partial charge in [0.1, 0.15) is 6.10 Å². The van der Waals surface area contributed by atoms with Gasteiger partial charge >= 0.3 is 0 Å². The molecule has 1 aliphatic carbocycles. The quantitative estimate of drug-likeness (QED) is 0.201. The van der Waals surface area contributed by atoms with Crippen LogP contribution in [0.2, 0.25) is 0 Å². The second kappa shape index (κ2) is 12.4. The molecule has 2 saturated heterocycles. The first-order chi connectivity index (χ1) is 22.3. The zero-order chi connectivity index (χ0) is 31.8. The molecule has 4 aromatic carbocycles. The third kappa shape index (κ3) is 5.60. The first-order valence-electron chi connectivity index (χ1n) is 16.4. The topological polar surface area (TPSA) is 59.1 Å². The van der Waals surface area contributed by atoms with E-state index in [9.17, 15) is 9.59 Å². The van der Waals surface area contributed by atoms with Crippen molar-refractivity contribution in [3.05, 3.63) is 131 Å². The Morgan fingerprint density at radius 3 is 2.17 bits per heavy atom. The van der Waals surface area contributed by atoms with Gasteiger partial charge in [0.2, 0.25) is 11.8 Å². The molecule has 0 bridgehead atoms. The lowest BCUT2D eigenvalue weighted by Crippen LogP contribution is -2.48. The third-order valence-corrected chi connectivity index (χ3v) is 10.3. The molecule has 0 aromatic heterocycles. The highest BCUT2D eigenvalue weighted by molar-refractivity contribution is 6.01. The van der Waals surface area contributed by atoms with Gasteiger partial charge in [-0.05, 0) is 53.3 Å². The Balaban J connectivity index is 1.23. The Labute approximate surface area is 271 Å². The molecule has 1 unspecified atom stereocenters. The van der Waals surface area contributed by atoms with Crippen molar-refractivity contribution in [2.24, 2.45) is 11.3 Å². The Bertz CT molecular complexity index is 1700. The maximum Gasteiger partial charge on any atom is 0.237 e. The number of benzene rings is 4. The number of likely N-dealkylation sites (tertiary alicyclic amines) is 2. The van der Waals surface area contributed by atoms with Crippen LogP contribution in [-0.4, -0.2) is 47.9 Å². The first kappa shape index (κ1) is 30.2. The molecule has 46 heavy (non-hydrogen) atoms. The lowest BCUT2D eigenvalue weighted by molar-refractivity contribution is -0.152. The van der Waals surface area contributed by atoms with Crippen LogP contribution < -0.4 is 9.47 Å². The van der Waals surface area contributed by atoms with E-state index in [0.717, 1.165) is 30.5 Å². The second-order valence-corrected chi connectivity index (χ2v) is 13.5. The number of hydrogen-bond donors (Lipinski definition) is 0. The molecule has 2 heterocycles. The molecule has 2 amide bonds. The maximum atomic E-state index is 14.9. The summed E-state index contributed by atoms with van der Waals surface area (Å²) in [6.07, 6.45) is 2.35. The summed E-state index contributed by atoms with van der Waals surface area (Å²) < 4.78 is 12.4. The summed E-state index contributed by atoms with van der Waals surface area (Å²) in [6, 6.07) is 34.7. The largest absolute Gasteiger partial charge is 0.493 e. The number of hydrogen-bond acceptors (Lipinski definition) is 5. The van der Waals surface area contributed by atoms with Crippen LogP contribution in [0.4, 0.5) is 0 Å². The number of fused-ring (bicyclic) bond motifs is 1. The molecule has 236 valence electrons. The van der Waals surface area contributed by atoms with E-state index >= 15 is 0 Å². The van der Waals surface area contributed by atoms with Crippen LogP contribution >= 0.6 is 0 Å². The highest BCUT2D eigenvalue weighted by Gasteiger charge is 2.55. The summed E-state index contributed by atoms with van der Waals surface area (Å²) >= 11 is 0. The number of amides is 2. The third-order valence-electron chi connectivity index (χ3n) is 10.3. The highest BCUT2D eigenvalue weighted by atomic mass is 16.5.